The second-order valence-electron chi connectivity index (χ2n) is 3.91. The Kier molecular flexibility index (Phi) is 3.32. The van der Waals surface area contributed by atoms with E-state index in [9.17, 15) is 4.79 Å². The average molecular weight is 245 g/mol. The number of anilines is 1. The molecule has 18 heavy (non-hydrogen) atoms. The molecule has 2 N–H and O–H groups in total. The molecule has 0 aliphatic carbocycles. The van der Waals surface area contributed by atoms with E-state index in [-0.39, 0.29) is 11.5 Å². The molecule has 0 radical (unpaired) electrons. The first kappa shape index (κ1) is 12.2. The molecule has 0 aliphatic heterocycles. The Balaban J connectivity index is 2.49. The summed E-state index contributed by atoms with van der Waals surface area (Å²) in [4.78, 5) is 15.8. The number of aryl methyl sites for hydroxylation is 1. The minimum atomic E-state index is -0.464. The lowest BCUT2D eigenvalue weighted by Crippen LogP contribution is -2.12. The van der Waals surface area contributed by atoms with E-state index in [1.165, 1.54) is 6.33 Å². The maximum Gasteiger partial charge on any atom is 0.359 e. The van der Waals surface area contributed by atoms with Crippen LogP contribution in [0.1, 0.15) is 23.0 Å². The SMILES string of the molecule is CCOC(=O)c1c(N)ncn1-c1cccc(C)c1. The zero-order chi connectivity index (χ0) is 13.1. The molecule has 0 spiro atoms. The van der Waals surface area contributed by atoms with Gasteiger partial charge in [0.25, 0.3) is 0 Å². The number of hydrogen-bond donors (Lipinski definition) is 1. The molecule has 0 fully saturated rings. The van der Waals surface area contributed by atoms with E-state index < -0.39 is 5.97 Å². The third-order valence-electron chi connectivity index (χ3n) is 2.54. The van der Waals surface area contributed by atoms with Crippen LogP contribution in [0.3, 0.4) is 0 Å². The first-order valence-corrected chi connectivity index (χ1v) is 5.70. The third-order valence-corrected chi connectivity index (χ3v) is 2.54. The van der Waals surface area contributed by atoms with Crippen molar-refractivity contribution in [2.45, 2.75) is 13.8 Å². The second-order valence-corrected chi connectivity index (χ2v) is 3.91. The zero-order valence-corrected chi connectivity index (χ0v) is 10.4. The van der Waals surface area contributed by atoms with E-state index in [0.717, 1.165) is 11.3 Å². The highest BCUT2D eigenvalue weighted by Gasteiger charge is 2.18. The predicted molar refractivity (Wildman–Crippen MR) is 68.7 cm³/mol. The van der Waals surface area contributed by atoms with Gasteiger partial charge in [-0.1, -0.05) is 12.1 Å². The van der Waals surface area contributed by atoms with Crippen molar-refractivity contribution in [2.75, 3.05) is 12.3 Å². The summed E-state index contributed by atoms with van der Waals surface area (Å²) in [6.45, 7) is 4.03. The van der Waals surface area contributed by atoms with Crippen LogP contribution in [-0.2, 0) is 4.74 Å². The minimum Gasteiger partial charge on any atom is -0.461 e. The summed E-state index contributed by atoms with van der Waals surface area (Å²) in [6.07, 6.45) is 1.52. The highest BCUT2D eigenvalue weighted by molar-refractivity contribution is 5.93. The van der Waals surface area contributed by atoms with Crippen molar-refractivity contribution in [1.29, 1.82) is 0 Å². The third kappa shape index (κ3) is 2.20. The highest BCUT2D eigenvalue weighted by atomic mass is 16.5. The molecule has 0 atom stereocenters. The van der Waals surface area contributed by atoms with Crippen LogP contribution in [0.5, 0.6) is 0 Å². The fourth-order valence-electron chi connectivity index (χ4n) is 1.74. The molecular formula is C13H15N3O2. The van der Waals surface area contributed by atoms with Crippen molar-refractivity contribution in [3.63, 3.8) is 0 Å². The number of carbonyl (C=O) groups excluding carboxylic acids is 1. The molecule has 5 heteroatoms. The predicted octanol–water partition coefficient (Wildman–Crippen LogP) is 1.94. The normalized spacial score (nSPS) is 10.3. The summed E-state index contributed by atoms with van der Waals surface area (Å²) < 4.78 is 6.62. The molecular weight excluding hydrogens is 230 g/mol. The fourth-order valence-corrected chi connectivity index (χ4v) is 1.74. The van der Waals surface area contributed by atoms with Crippen LogP contribution in [0.2, 0.25) is 0 Å². The van der Waals surface area contributed by atoms with Crippen LogP contribution in [0.25, 0.3) is 5.69 Å². The monoisotopic (exact) mass is 245 g/mol. The van der Waals surface area contributed by atoms with E-state index in [4.69, 9.17) is 10.5 Å². The van der Waals surface area contributed by atoms with Crippen molar-refractivity contribution in [2.24, 2.45) is 0 Å². The quantitative estimate of drug-likeness (QED) is 0.839. The Morgan fingerprint density at radius 2 is 2.28 bits per heavy atom. The molecule has 94 valence electrons. The molecule has 2 rings (SSSR count). The largest absolute Gasteiger partial charge is 0.461 e. The van der Waals surface area contributed by atoms with Gasteiger partial charge in [-0.2, -0.15) is 0 Å². The van der Waals surface area contributed by atoms with Crippen molar-refractivity contribution in [3.05, 3.63) is 41.9 Å². The fraction of sp³-hybridized carbons (Fsp3) is 0.231. The first-order chi connectivity index (χ1) is 8.63. The lowest BCUT2D eigenvalue weighted by molar-refractivity contribution is 0.0518. The highest BCUT2D eigenvalue weighted by Crippen LogP contribution is 2.18. The molecule has 0 aliphatic rings. The van der Waals surface area contributed by atoms with Gasteiger partial charge in [0, 0.05) is 5.69 Å². The van der Waals surface area contributed by atoms with Crippen LogP contribution >= 0.6 is 0 Å². The van der Waals surface area contributed by atoms with Crippen molar-refractivity contribution in [1.82, 2.24) is 9.55 Å². The molecule has 5 nitrogen and oxygen atoms in total. The lowest BCUT2D eigenvalue weighted by Gasteiger charge is -2.08. The average Bonchev–Trinajstić information content (AvgIpc) is 2.71. The smallest absolute Gasteiger partial charge is 0.359 e. The number of ether oxygens (including phenoxy) is 1. The molecule has 0 saturated carbocycles. The van der Waals surface area contributed by atoms with Crippen LogP contribution in [0.15, 0.2) is 30.6 Å². The Hall–Kier alpha value is -2.30. The van der Waals surface area contributed by atoms with Crippen molar-refractivity contribution >= 4 is 11.8 Å². The van der Waals surface area contributed by atoms with Gasteiger partial charge in [0.1, 0.15) is 6.33 Å². The van der Waals surface area contributed by atoms with Gasteiger partial charge in [-0.05, 0) is 31.5 Å². The number of nitrogens with two attached hydrogens (primary N) is 1. The number of imidazole rings is 1. The summed E-state index contributed by atoms with van der Waals surface area (Å²) in [5.74, 6) is -0.288. The Bertz CT molecular complexity index is 575. The number of rotatable bonds is 3. The molecule has 0 saturated heterocycles. The summed E-state index contributed by atoms with van der Waals surface area (Å²) in [5, 5.41) is 0. The van der Waals surface area contributed by atoms with Gasteiger partial charge in [-0.25, -0.2) is 9.78 Å². The van der Waals surface area contributed by atoms with Crippen molar-refractivity contribution < 1.29 is 9.53 Å². The summed E-state index contributed by atoms with van der Waals surface area (Å²) in [7, 11) is 0. The van der Waals surface area contributed by atoms with Crippen LogP contribution in [0, 0.1) is 6.92 Å². The second kappa shape index (κ2) is 4.91. The molecule has 1 heterocycles. The number of esters is 1. The van der Waals surface area contributed by atoms with E-state index in [1.54, 1.807) is 11.5 Å². The summed E-state index contributed by atoms with van der Waals surface area (Å²) >= 11 is 0. The zero-order valence-electron chi connectivity index (χ0n) is 10.4. The Labute approximate surface area is 105 Å². The van der Waals surface area contributed by atoms with E-state index in [0.29, 0.717) is 6.61 Å². The van der Waals surface area contributed by atoms with E-state index >= 15 is 0 Å². The maximum absolute atomic E-state index is 11.8. The van der Waals surface area contributed by atoms with E-state index in [1.807, 2.05) is 31.2 Å². The van der Waals surface area contributed by atoms with Crippen LogP contribution < -0.4 is 5.73 Å². The summed E-state index contributed by atoms with van der Waals surface area (Å²) in [5.41, 5.74) is 7.91. The molecule has 1 aromatic carbocycles. The maximum atomic E-state index is 11.8. The minimum absolute atomic E-state index is 0.176. The van der Waals surface area contributed by atoms with Gasteiger partial charge in [0.05, 0.1) is 6.61 Å². The number of carbonyl (C=O) groups is 1. The number of hydrogen-bond acceptors (Lipinski definition) is 4. The van der Waals surface area contributed by atoms with E-state index in [2.05, 4.69) is 4.98 Å². The molecule has 1 aromatic heterocycles. The lowest BCUT2D eigenvalue weighted by atomic mass is 10.2. The van der Waals surface area contributed by atoms with Crippen LogP contribution in [0.4, 0.5) is 5.82 Å². The number of aromatic nitrogens is 2. The van der Waals surface area contributed by atoms with Gasteiger partial charge >= 0.3 is 5.97 Å². The Morgan fingerprint density at radius 3 is 2.94 bits per heavy atom. The Morgan fingerprint density at radius 1 is 1.50 bits per heavy atom. The first-order valence-electron chi connectivity index (χ1n) is 5.70. The van der Waals surface area contributed by atoms with Gasteiger partial charge in [-0.15, -0.1) is 0 Å². The number of benzene rings is 1. The van der Waals surface area contributed by atoms with Crippen LogP contribution in [-0.4, -0.2) is 22.1 Å². The topological polar surface area (TPSA) is 70.1 Å². The van der Waals surface area contributed by atoms with Gasteiger partial charge in [0.15, 0.2) is 11.5 Å². The standard InChI is InChI=1S/C13H15N3O2/c1-3-18-13(17)11-12(14)15-8-16(11)10-6-4-5-9(2)7-10/h4-8H,3,14H2,1-2H3. The molecule has 0 amide bonds. The molecule has 2 aromatic rings. The van der Waals surface area contributed by atoms with Gasteiger partial charge < -0.3 is 10.5 Å². The summed E-state index contributed by atoms with van der Waals surface area (Å²) in [6, 6.07) is 7.73. The molecule has 0 bridgehead atoms. The van der Waals surface area contributed by atoms with Crippen molar-refractivity contribution in [3.8, 4) is 5.69 Å². The molecule has 0 unspecified atom stereocenters. The number of nitrogens with zero attached hydrogens (tertiary/aromatic N) is 2. The number of nitrogen functional groups attached to an aromatic ring is 1. The van der Waals surface area contributed by atoms with Gasteiger partial charge in [0.2, 0.25) is 0 Å². The van der Waals surface area contributed by atoms with Gasteiger partial charge in [-0.3, -0.25) is 4.57 Å².